The van der Waals surface area contributed by atoms with Crippen molar-refractivity contribution in [2.24, 2.45) is 0 Å². The predicted molar refractivity (Wildman–Crippen MR) is 81.6 cm³/mol. The molecule has 2 aliphatic rings. The van der Waals surface area contributed by atoms with Crippen molar-refractivity contribution in [3.8, 4) is 0 Å². The van der Waals surface area contributed by atoms with Crippen LogP contribution in [0.2, 0.25) is 0 Å². The Hall–Kier alpha value is -1.43. The molecule has 0 amide bonds. The van der Waals surface area contributed by atoms with E-state index in [9.17, 15) is 4.79 Å². The number of benzene rings is 1. The highest BCUT2D eigenvalue weighted by molar-refractivity contribution is 5.89. The zero-order chi connectivity index (χ0) is 15.4. The number of methoxy groups -OCH3 is 1. The molecular formula is C17H23NO4. The SMILES string of the molecule is CO[C@@H]1O[C@H](COC(=O)c2ccccc2)C[C@H]1N1CCCC1. The number of rotatable bonds is 5. The Bertz CT molecular complexity index is 487. The molecule has 0 saturated carbocycles. The van der Waals surface area contributed by atoms with Crippen molar-refractivity contribution >= 4 is 5.97 Å². The van der Waals surface area contributed by atoms with Crippen LogP contribution in [0.4, 0.5) is 0 Å². The van der Waals surface area contributed by atoms with Crippen LogP contribution in [0.15, 0.2) is 30.3 Å². The molecule has 1 aromatic rings. The molecule has 3 atom stereocenters. The monoisotopic (exact) mass is 305 g/mol. The summed E-state index contributed by atoms with van der Waals surface area (Å²) in [6, 6.07) is 9.31. The van der Waals surface area contributed by atoms with E-state index < -0.39 is 0 Å². The zero-order valence-corrected chi connectivity index (χ0v) is 12.9. The van der Waals surface area contributed by atoms with Crippen molar-refractivity contribution in [3.05, 3.63) is 35.9 Å². The fourth-order valence-corrected chi connectivity index (χ4v) is 3.26. The Labute approximate surface area is 131 Å². The maximum atomic E-state index is 12.0. The highest BCUT2D eigenvalue weighted by atomic mass is 16.7. The third-order valence-electron chi connectivity index (χ3n) is 4.40. The Kier molecular flexibility index (Phi) is 5.08. The van der Waals surface area contributed by atoms with Gasteiger partial charge < -0.3 is 14.2 Å². The molecule has 0 radical (unpaired) electrons. The Morgan fingerprint density at radius 2 is 2.00 bits per heavy atom. The van der Waals surface area contributed by atoms with Crippen LogP contribution >= 0.6 is 0 Å². The fourth-order valence-electron chi connectivity index (χ4n) is 3.26. The van der Waals surface area contributed by atoms with E-state index in [1.165, 1.54) is 12.8 Å². The summed E-state index contributed by atoms with van der Waals surface area (Å²) < 4.78 is 16.7. The number of carbonyl (C=O) groups is 1. The standard InChI is InChI=1S/C17H23NO4/c1-20-17-15(18-9-5-6-10-18)11-14(22-17)12-21-16(19)13-7-3-2-4-8-13/h2-4,7-8,14-15,17H,5-6,9-12H2,1H3/t14-,15+,17+/m0/s1. The van der Waals surface area contributed by atoms with Gasteiger partial charge in [0.05, 0.1) is 17.7 Å². The molecule has 5 heteroatoms. The summed E-state index contributed by atoms with van der Waals surface area (Å²) in [7, 11) is 1.67. The van der Waals surface area contributed by atoms with Gasteiger partial charge in [0.25, 0.3) is 0 Å². The summed E-state index contributed by atoms with van der Waals surface area (Å²) in [4.78, 5) is 14.4. The average Bonchev–Trinajstić information content (AvgIpc) is 3.22. The number of hydrogen-bond acceptors (Lipinski definition) is 5. The summed E-state index contributed by atoms with van der Waals surface area (Å²) in [5.41, 5.74) is 0.569. The van der Waals surface area contributed by atoms with E-state index in [0.29, 0.717) is 5.56 Å². The van der Waals surface area contributed by atoms with Crippen LogP contribution in [0.5, 0.6) is 0 Å². The number of esters is 1. The van der Waals surface area contributed by atoms with Gasteiger partial charge in [0.15, 0.2) is 6.29 Å². The summed E-state index contributed by atoms with van der Waals surface area (Å²) in [5.74, 6) is -0.303. The van der Waals surface area contributed by atoms with E-state index in [2.05, 4.69) is 4.90 Å². The molecule has 0 aliphatic carbocycles. The van der Waals surface area contributed by atoms with E-state index >= 15 is 0 Å². The van der Waals surface area contributed by atoms with Gasteiger partial charge in [0.1, 0.15) is 6.61 Å². The van der Waals surface area contributed by atoms with Gasteiger partial charge in [-0.15, -0.1) is 0 Å². The number of hydrogen-bond donors (Lipinski definition) is 0. The van der Waals surface area contributed by atoms with E-state index in [0.717, 1.165) is 19.5 Å². The molecule has 2 heterocycles. The van der Waals surface area contributed by atoms with Crippen LogP contribution < -0.4 is 0 Å². The van der Waals surface area contributed by atoms with Crippen LogP contribution in [0.1, 0.15) is 29.6 Å². The van der Waals surface area contributed by atoms with Crippen molar-refractivity contribution in [3.63, 3.8) is 0 Å². The van der Waals surface area contributed by atoms with Gasteiger partial charge in [-0.1, -0.05) is 18.2 Å². The molecule has 5 nitrogen and oxygen atoms in total. The van der Waals surface area contributed by atoms with Crippen LogP contribution in [0.25, 0.3) is 0 Å². The van der Waals surface area contributed by atoms with Gasteiger partial charge in [-0.3, -0.25) is 4.90 Å². The minimum absolute atomic E-state index is 0.0942. The molecule has 0 unspecified atom stereocenters. The summed E-state index contributed by atoms with van der Waals surface area (Å²) >= 11 is 0. The van der Waals surface area contributed by atoms with Crippen molar-refractivity contribution in [1.82, 2.24) is 4.90 Å². The lowest BCUT2D eigenvalue weighted by Crippen LogP contribution is -2.39. The lowest BCUT2D eigenvalue weighted by molar-refractivity contribution is -0.142. The minimum Gasteiger partial charge on any atom is -0.459 e. The van der Waals surface area contributed by atoms with Crippen molar-refractivity contribution in [1.29, 1.82) is 0 Å². The lowest BCUT2D eigenvalue weighted by atomic mass is 10.1. The van der Waals surface area contributed by atoms with Gasteiger partial charge in [-0.05, 0) is 44.5 Å². The molecule has 2 saturated heterocycles. The van der Waals surface area contributed by atoms with Crippen molar-refractivity contribution < 1.29 is 19.0 Å². The third kappa shape index (κ3) is 3.48. The maximum Gasteiger partial charge on any atom is 0.338 e. The first kappa shape index (κ1) is 15.5. The smallest absolute Gasteiger partial charge is 0.338 e. The van der Waals surface area contributed by atoms with Crippen LogP contribution in [0, 0.1) is 0 Å². The molecule has 2 fully saturated rings. The first-order valence-electron chi connectivity index (χ1n) is 7.92. The lowest BCUT2D eigenvalue weighted by Gasteiger charge is -2.26. The van der Waals surface area contributed by atoms with E-state index in [1.807, 2.05) is 18.2 Å². The fraction of sp³-hybridized carbons (Fsp3) is 0.588. The summed E-state index contributed by atoms with van der Waals surface area (Å²) in [6.07, 6.45) is 3.00. The Balaban J connectivity index is 1.52. The molecular weight excluding hydrogens is 282 g/mol. The van der Waals surface area contributed by atoms with Crippen LogP contribution in [0.3, 0.4) is 0 Å². The molecule has 3 rings (SSSR count). The zero-order valence-electron chi connectivity index (χ0n) is 12.9. The van der Waals surface area contributed by atoms with Gasteiger partial charge in [0.2, 0.25) is 0 Å². The van der Waals surface area contributed by atoms with Crippen LogP contribution in [-0.2, 0) is 14.2 Å². The molecule has 0 aromatic heterocycles. The van der Waals surface area contributed by atoms with Gasteiger partial charge >= 0.3 is 5.97 Å². The van der Waals surface area contributed by atoms with Crippen molar-refractivity contribution in [2.45, 2.75) is 37.7 Å². The van der Waals surface area contributed by atoms with Gasteiger partial charge in [0, 0.05) is 7.11 Å². The summed E-state index contributed by atoms with van der Waals surface area (Å²) in [5, 5.41) is 0. The van der Waals surface area contributed by atoms with Gasteiger partial charge in [-0.2, -0.15) is 0 Å². The Morgan fingerprint density at radius 3 is 2.68 bits per heavy atom. The molecule has 0 spiro atoms. The van der Waals surface area contributed by atoms with E-state index in [4.69, 9.17) is 14.2 Å². The predicted octanol–water partition coefficient (Wildman–Crippen LogP) is 2.07. The topological polar surface area (TPSA) is 48.0 Å². The third-order valence-corrected chi connectivity index (χ3v) is 4.40. The highest BCUT2D eigenvalue weighted by Crippen LogP contribution is 2.28. The molecule has 22 heavy (non-hydrogen) atoms. The minimum atomic E-state index is -0.303. The number of ether oxygens (including phenoxy) is 3. The largest absolute Gasteiger partial charge is 0.459 e. The highest BCUT2D eigenvalue weighted by Gasteiger charge is 2.40. The normalized spacial score (nSPS) is 28.9. The average molecular weight is 305 g/mol. The Morgan fingerprint density at radius 1 is 1.27 bits per heavy atom. The molecule has 120 valence electrons. The molecule has 1 aromatic carbocycles. The summed E-state index contributed by atoms with van der Waals surface area (Å²) in [6.45, 7) is 2.48. The van der Waals surface area contributed by atoms with Crippen molar-refractivity contribution in [2.75, 3.05) is 26.8 Å². The van der Waals surface area contributed by atoms with Gasteiger partial charge in [-0.25, -0.2) is 4.79 Å². The number of nitrogens with zero attached hydrogens (tertiary/aromatic N) is 1. The van der Waals surface area contributed by atoms with E-state index in [1.54, 1.807) is 19.2 Å². The van der Waals surface area contributed by atoms with Crippen LogP contribution in [-0.4, -0.2) is 56.1 Å². The van der Waals surface area contributed by atoms with E-state index in [-0.39, 0.29) is 31.0 Å². The second kappa shape index (κ2) is 7.22. The molecule has 0 N–H and O–H groups in total. The number of likely N-dealkylation sites (tertiary alicyclic amines) is 1. The first-order chi connectivity index (χ1) is 10.8. The quantitative estimate of drug-likeness (QED) is 0.779. The maximum absolute atomic E-state index is 12.0. The second-order valence-electron chi connectivity index (χ2n) is 5.87. The first-order valence-corrected chi connectivity index (χ1v) is 7.92. The second-order valence-corrected chi connectivity index (χ2v) is 5.87. The molecule has 0 bridgehead atoms. The molecule has 2 aliphatic heterocycles. The number of carbonyl (C=O) groups excluding carboxylic acids is 1.